The number of pyridine rings is 1. The van der Waals surface area contributed by atoms with Crippen LogP contribution in [-0.4, -0.2) is 39.5 Å². The van der Waals surface area contributed by atoms with Crippen LogP contribution < -0.4 is 0 Å². The zero-order valence-corrected chi connectivity index (χ0v) is 11.4. The van der Waals surface area contributed by atoms with Crippen LogP contribution in [0.4, 0.5) is 0 Å². The first-order chi connectivity index (χ1) is 9.49. The van der Waals surface area contributed by atoms with E-state index < -0.39 is 5.97 Å². The number of carboxylic acid groups (broad SMARTS) is 1. The summed E-state index contributed by atoms with van der Waals surface area (Å²) in [4.78, 5) is 28.8. The lowest BCUT2D eigenvalue weighted by molar-refractivity contribution is -0.138. The van der Waals surface area contributed by atoms with E-state index in [9.17, 15) is 9.59 Å². The average molecular weight is 272 g/mol. The maximum atomic E-state index is 12.4. The van der Waals surface area contributed by atoms with Gasteiger partial charge in [-0.2, -0.15) is 0 Å². The van der Waals surface area contributed by atoms with E-state index in [4.69, 9.17) is 5.11 Å². The highest BCUT2D eigenvalue weighted by Gasteiger charge is 2.21. The van der Waals surface area contributed by atoms with E-state index in [0.717, 1.165) is 10.9 Å². The van der Waals surface area contributed by atoms with Gasteiger partial charge in [0.15, 0.2) is 0 Å². The summed E-state index contributed by atoms with van der Waals surface area (Å²) in [6.45, 7) is 3.29. The summed E-state index contributed by atoms with van der Waals surface area (Å²) in [5, 5.41) is 9.76. The van der Waals surface area contributed by atoms with Gasteiger partial charge in [-0.15, -0.1) is 0 Å². The normalized spacial score (nSPS) is 10.8. The lowest BCUT2D eigenvalue weighted by atomic mass is 10.1. The summed E-state index contributed by atoms with van der Waals surface area (Å²) in [5.74, 6) is -1.30. The Morgan fingerprint density at radius 2 is 2.05 bits per heavy atom. The van der Waals surface area contributed by atoms with Gasteiger partial charge in [0, 0.05) is 23.2 Å². The van der Waals surface area contributed by atoms with Crippen LogP contribution in [0, 0.1) is 0 Å². The molecule has 0 spiro atoms. The first kappa shape index (κ1) is 14.0. The molecule has 0 aliphatic carbocycles. The van der Waals surface area contributed by atoms with Crippen LogP contribution >= 0.6 is 0 Å². The van der Waals surface area contributed by atoms with Gasteiger partial charge in [-0.1, -0.05) is 6.07 Å². The maximum Gasteiger partial charge on any atom is 0.323 e. The molecule has 0 aliphatic rings. The van der Waals surface area contributed by atoms with Gasteiger partial charge < -0.3 is 10.0 Å². The predicted octanol–water partition coefficient (Wildman–Crippen LogP) is 2.17. The lowest BCUT2D eigenvalue weighted by Crippen LogP contribution is -2.40. The van der Waals surface area contributed by atoms with Gasteiger partial charge in [0.1, 0.15) is 6.54 Å². The van der Waals surface area contributed by atoms with Crippen LogP contribution in [0.5, 0.6) is 0 Å². The Hall–Kier alpha value is -2.43. The second-order valence-corrected chi connectivity index (χ2v) is 4.83. The topological polar surface area (TPSA) is 70.5 Å². The van der Waals surface area contributed by atoms with Crippen molar-refractivity contribution in [3.05, 3.63) is 42.1 Å². The van der Waals surface area contributed by atoms with Crippen molar-refractivity contribution in [1.29, 1.82) is 0 Å². The molecule has 0 radical (unpaired) electrons. The highest BCUT2D eigenvalue weighted by Crippen LogP contribution is 2.16. The Morgan fingerprint density at radius 1 is 1.30 bits per heavy atom. The fourth-order valence-corrected chi connectivity index (χ4v) is 2.01. The molecule has 1 aromatic heterocycles. The molecule has 20 heavy (non-hydrogen) atoms. The molecule has 2 aromatic rings. The van der Waals surface area contributed by atoms with Crippen LogP contribution in [0.25, 0.3) is 10.9 Å². The van der Waals surface area contributed by atoms with Gasteiger partial charge in [-0.25, -0.2) is 0 Å². The van der Waals surface area contributed by atoms with Crippen LogP contribution in [0.3, 0.4) is 0 Å². The second-order valence-electron chi connectivity index (χ2n) is 4.83. The Balaban J connectivity index is 2.35. The number of amides is 1. The van der Waals surface area contributed by atoms with Crippen molar-refractivity contribution in [1.82, 2.24) is 9.88 Å². The molecule has 2 rings (SSSR count). The third-order valence-corrected chi connectivity index (χ3v) is 3.04. The molecule has 0 aliphatic heterocycles. The van der Waals surface area contributed by atoms with E-state index in [-0.39, 0.29) is 18.5 Å². The van der Waals surface area contributed by atoms with Crippen molar-refractivity contribution >= 4 is 22.8 Å². The first-order valence-electron chi connectivity index (χ1n) is 6.36. The Morgan fingerprint density at radius 3 is 2.70 bits per heavy atom. The molecular formula is C15H16N2O3. The van der Waals surface area contributed by atoms with Crippen molar-refractivity contribution in [2.45, 2.75) is 19.9 Å². The van der Waals surface area contributed by atoms with Crippen molar-refractivity contribution in [2.24, 2.45) is 0 Å². The largest absolute Gasteiger partial charge is 0.480 e. The number of nitrogens with zero attached hydrogens (tertiary/aromatic N) is 2. The third-order valence-electron chi connectivity index (χ3n) is 3.04. The number of aromatic nitrogens is 1. The number of carboxylic acids is 1. The minimum atomic E-state index is -1.02. The van der Waals surface area contributed by atoms with E-state index in [0.29, 0.717) is 5.56 Å². The number of benzene rings is 1. The fraction of sp³-hybridized carbons (Fsp3) is 0.267. The Bertz CT molecular complexity index is 652. The molecule has 0 saturated carbocycles. The molecule has 5 heteroatoms. The number of hydrogen-bond donors (Lipinski definition) is 1. The SMILES string of the molecule is CC(C)N(CC(=O)O)C(=O)c1ccc2ncccc2c1. The summed E-state index contributed by atoms with van der Waals surface area (Å²) in [6, 6.07) is 8.67. The van der Waals surface area contributed by atoms with Crippen molar-refractivity contribution in [3.8, 4) is 0 Å². The highest BCUT2D eigenvalue weighted by atomic mass is 16.4. The lowest BCUT2D eigenvalue weighted by Gasteiger charge is -2.25. The van der Waals surface area contributed by atoms with Crippen LogP contribution in [-0.2, 0) is 4.79 Å². The number of rotatable bonds is 4. The number of hydrogen-bond acceptors (Lipinski definition) is 3. The smallest absolute Gasteiger partial charge is 0.323 e. The zero-order chi connectivity index (χ0) is 14.7. The van der Waals surface area contributed by atoms with Gasteiger partial charge in [0.25, 0.3) is 5.91 Å². The summed E-state index contributed by atoms with van der Waals surface area (Å²) >= 11 is 0. The molecule has 0 saturated heterocycles. The quantitative estimate of drug-likeness (QED) is 0.926. The summed E-state index contributed by atoms with van der Waals surface area (Å²) < 4.78 is 0. The van der Waals surface area contributed by atoms with Crippen LogP contribution in [0.15, 0.2) is 36.5 Å². The average Bonchev–Trinajstić information content (AvgIpc) is 2.43. The van der Waals surface area contributed by atoms with Crippen molar-refractivity contribution < 1.29 is 14.7 Å². The highest BCUT2D eigenvalue weighted by molar-refractivity contribution is 5.99. The minimum Gasteiger partial charge on any atom is -0.480 e. The monoisotopic (exact) mass is 272 g/mol. The molecular weight excluding hydrogens is 256 g/mol. The van der Waals surface area contributed by atoms with Gasteiger partial charge in [-0.05, 0) is 38.1 Å². The van der Waals surface area contributed by atoms with E-state index in [1.165, 1.54) is 4.90 Å². The molecule has 0 unspecified atom stereocenters. The molecule has 5 nitrogen and oxygen atoms in total. The van der Waals surface area contributed by atoms with E-state index >= 15 is 0 Å². The molecule has 0 fully saturated rings. The molecule has 0 atom stereocenters. The number of fused-ring (bicyclic) bond motifs is 1. The van der Waals surface area contributed by atoms with Gasteiger partial charge in [0.2, 0.25) is 0 Å². The van der Waals surface area contributed by atoms with E-state index in [2.05, 4.69) is 4.98 Å². The minimum absolute atomic E-state index is 0.178. The summed E-state index contributed by atoms with van der Waals surface area (Å²) in [5.41, 5.74) is 1.28. The molecule has 1 amide bonds. The molecule has 104 valence electrons. The number of aliphatic carboxylic acids is 1. The molecule has 1 N–H and O–H groups in total. The van der Waals surface area contributed by atoms with E-state index in [1.54, 1.807) is 44.3 Å². The number of carbonyl (C=O) groups is 2. The predicted molar refractivity (Wildman–Crippen MR) is 75.6 cm³/mol. The first-order valence-corrected chi connectivity index (χ1v) is 6.36. The van der Waals surface area contributed by atoms with Crippen LogP contribution in [0.2, 0.25) is 0 Å². The Labute approximate surface area is 116 Å². The zero-order valence-electron chi connectivity index (χ0n) is 11.4. The van der Waals surface area contributed by atoms with Gasteiger partial charge in [-0.3, -0.25) is 14.6 Å². The van der Waals surface area contributed by atoms with Crippen molar-refractivity contribution in [2.75, 3.05) is 6.54 Å². The summed E-state index contributed by atoms with van der Waals surface area (Å²) in [7, 11) is 0. The van der Waals surface area contributed by atoms with Crippen molar-refractivity contribution in [3.63, 3.8) is 0 Å². The molecule has 1 aromatic carbocycles. The third kappa shape index (κ3) is 2.93. The standard InChI is InChI=1S/C15H16N2O3/c1-10(2)17(9-14(18)19)15(20)12-5-6-13-11(8-12)4-3-7-16-13/h3-8,10H,9H2,1-2H3,(H,18,19). The fourth-order valence-electron chi connectivity index (χ4n) is 2.01. The van der Waals surface area contributed by atoms with Gasteiger partial charge in [0.05, 0.1) is 5.52 Å². The summed E-state index contributed by atoms with van der Waals surface area (Å²) in [6.07, 6.45) is 1.69. The van der Waals surface area contributed by atoms with Gasteiger partial charge >= 0.3 is 5.97 Å². The second kappa shape index (κ2) is 5.69. The molecule has 0 bridgehead atoms. The Kier molecular flexibility index (Phi) is 3.98. The number of carbonyl (C=O) groups excluding carboxylic acids is 1. The van der Waals surface area contributed by atoms with E-state index in [1.807, 2.05) is 6.07 Å². The van der Waals surface area contributed by atoms with Crippen LogP contribution in [0.1, 0.15) is 24.2 Å². The molecule has 1 heterocycles. The maximum absolute atomic E-state index is 12.4.